The third-order valence-corrected chi connectivity index (χ3v) is 3.86. The Morgan fingerprint density at radius 1 is 1.00 bits per heavy atom. The summed E-state index contributed by atoms with van der Waals surface area (Å²) in [6.45, 7) is 1.81. The highest BCUT2D eigenvalue weighted by Crippen LogP contribution is 2.28. The predicted molar refractivity (Wildman–Crippen MR) is 96.7 cm³/mol. The smallest absolute Gasteiger partial charge is 0.255 e. The van der Waals surface area contributed by atoms with Gasteiger partial charge in [0.2, 0.25) is 0 Å². The number of nitrogens with zero attached hydrogens (tertiary/aromatic N) is 1. The average molecular weight is 342 g/mol. The van der Waals surface area contributed by atoms with E-state index in [-0.39, 0.29) is 11.8 Å². The molecule has 0 unspecified atom stereocenters. The van der Waals surface area contributed by atoms with Crippen LogP contribution in [-0.2, 0) is 0 Å². The maximum Gasteiger partial charge on any atom is 0.255 e. The van der Waals surface area contributed by atoms with E-state index in [1.54, 1.807) is 57.4 Å². The molecule has 0 saturated carbocycles. The number of anilines is 1. The van der Waals surface area contributed by atoms with Crippen molar-refractivity contribution in [1.29, 1.82) is 0 Å². The lowest BCUT2D eigenvalue weighted by atomic mass is 10.1. The van der Waals surface area contributed by atoms with E-state index < -0.39 is 0 Å². The second-order valence-corrected chi connectivity index (χ2v) is 5.70. The highest BCUT2D eigenvalue weighted by Gasteiger charge is 2.16. The van der Waals surface area contributed by atoms with Crippen molar-refractivity contribution < 1.29 is 19.1 Å². The maximum absolute atomic E-state index is 12.5. The van der Waals surface area contributed by atoms with Gasteiger partial charge >= 0.3 is 0 Å². The standard InChI is InChI=1S/C19H22N2O4/c1-12-14(19(23)21(2)3)7-6-8-15(12)20-18(22)13-9-10-16(24-4)17(11-13)25-5/h6-11H,1-5H3,(H,20,22). The molecule has 132 valence electrons. The molecule has 6 heteroatoms. The summed E-state index contributed by atoms with van der Waals surface area (Å²) >= 11 is 0. The Hall–Kier alpha value is -3.02. The Morgan fingerprint density at radius 3 is 2.28 bits per heavy atom. The highest BCUT2D eigenvalue weighted by molar-refractivity contribution is 6.06. The molecule has 0 heterocycles. The Kier molecular flexibility index (Phi) is 5.64. The molecule has 0 bridgehead atoms. The van der Waals surface area contributed by atoms with Crippen LogP contribution in [0.25, 0.3) is 0 Å². The number of rotatable bonds is 5. The van der Waals surface area contributed by atoms with E-state index >= 15 is 0 Å². The number of methoxy groups -OCH3 is 2. The molecule has 0 fully saturated rings. The zero-order chi connectivity index (χ0) is 18.6. The van der Waals surface area contributed by atoms with Crippen molar-refractivity contribution >= 4 is 17.5 Å². The predicted octanol–water partition coefficient (Wildman–Crippen LogP) is 2.97. The molecule has 2 rings (SSSR count). The van der Waals surface area contributed by atoms with Crippen LogP contribution in [0.5, 0.6) is 11.5 Å². The lowest BCUT2D eigenvalue weighted by Gasteiger charge is -2.16. The molecule has 1 N–H and O–H groups in total. The first-order chi connectivity index (χ1) is 11.9. The van der Waals surface area contributed by atoms with Gasteiger partial charge < -0.3 is 19.7 Å². The summed E-state index contributed by atoms with van der Waals surface area (Å²) in [6.07, 6.45) is 0. The molecule has 6 nitrogen and oxygen atoms in total. The first kappa shape index (κ1) is 18.3. The largest absolute Gasteiger partial charge is 0.493 e. The third-order valence-electron chi connectivity index (χ3n) is 3.86. The van der Waals surface area contributed by atoms with Crippen LogP contribution < -0.4 is 14.8 Å². The Morgan fingerprint density at radius 2 is 1.68 bits per heavy atom. The number of carbonyl (C=O) groups excluding carboxylic acids is 2. The van der Waals surface area contributed by atoms with Gasteiger partial charge in [-0.1, -0.05) is 6.07 Å². The van der Waals surface area contributed by atoms with E-state index in [9.17, 15) is 9.59 Å². The summed E-state index contributed by atoms with van der Waals surface area (Å²) < 4.78 is 10.4. The number of nitrogens with one attached hydrogen (secondary N) is 1. The van der Waals surface area contributed by atoms with E-state index in [2.05, 4.69) is 5.32 Å². The molecule has 0 radical (unpaired) electrons. The fourth-order valence-electron chi connectivity index (χ4n) is 2.42. The van der Waals surface area contributed by atoms with Gasteiger partial charge in [0.15, 0.2) is 11.5 Å². The van der Waals surface area contributed by atoms with E-state index in [0.29, 0.717) is 28.3 Å². The summed E-state index contributed by atoms with van der Waals surface area (Å²) in [5.74, 6) is 0.621. The van der Waals surface area contributed by atoms with Crippen LogP contribution in [0.3, 0.4) is 0 Å². The number of benzene rings is 2. The fourth-order valence-corrected chi connectivity index (χ4v) is 2.42. The molecule has 0 aliphatic carbocycles. The number of carbonyl (C=O) groups is 2. The molecule has 2 amide bonds. The van der Waals surface area contributed by atoms with Crippen molar-refractivity contribution in [2.24, 2.45) is 0 Å². The zero-order valence-electron chi connectivity index (χ0n) is 15.0. The molecular weight excluding hydrogens is 320 g/mol. The van der Waals surface area contributed by atoms with Crippen molar-refractivity contribution in [3.8, 4) is 11.5 Å². The lowest BCUT2D eigenvalue weighted by molar-refractivity contribution is 0.0826. The molecular formula is C19H22N2O4. The summed E-state index contributed by atoms with van der Waals surface area (Å²) in [5.41, 5.74) is 2.29. The normalized spacial score (nSPS) is 10.1. The van der Waals surface area contributed by atoms with Gasteiger partial charge in [0.25, 0.3) is 11.8 Å². The fraction of sp³-hybridized carbons (Fsp3) is 0.263. The van der Waals surface area contributed by atoms with Crippen LogP contribution in [0, 0.1) is 6.92 Å². The van der Waals surface area contributed by atoms with Crippen LogP contribution in [0.15, 0.2) is 36.4 Å². The minimum atomic E-state index is -0.293. The van der Waals surface area contributed by atoms with Crippen molar-refractivity contribution in [2.45, 2.75) is 6.92 Å². The second-order valence-electron chi connectivity index (χ2n) is 5.70. The minimum Gasteiger partial charge on any atom is -0.493 e. The van der Waals surface area contributed by atoms with Gasteiger partial charge in [-0.2, -0.15) is 0 Å². The van der Waals surface area contributed by atoms with Gasteiger partial charge in [0, 0.05) is 30.9 Å². The first-order valence-corrected chi connectivity index (χ1v) is 7.73. The minimum absolute atomic E-state index is 0.111. The van der Waals surface area contributed by atoms with Gasteiger partial charge in [0.1, 0.15) is 0 Å². The lowest BCUT2D eigenvalue weighted by Crippen LogP contribution is -2.23. The molecule has 0 aliphatic rings. The van der Waals surface area contributed by atoms with Crippen molar-refractivity contribution in [2.75, 3.05) is 33.6 Å². The number of ether oxygens (including phenoxy) is 2. The van der Waals surface area contributed by atoms with Crippen LogP contribution in [0.4, 0.5) is 5.69 Å². The molecule has 25 heavy (non-hydrogen) atoms. The van der Waals surface area contributed by atoms with Crippen molar-refractivity contribution in [3.05, 3.63) is 53.1 Å². The van der Waals surface area contributed by atoms with Crippen LogP contribution >= 0.6 is 0 Å². The van der Waals surface area contributed by atoms with Gasteiger partial charge in [-0.3, -0.25) is 9.59 Å². The Bertz CT molecular complexity index is 800. The number of amides is 2. The SMILES string of the molecule is COc1ccc(C(=O)Nc2cccc(C(=O)N(C)C)c2C)cc1OC. The van der Waals surface area contributed by atoms with Gasteiger partial charge in [-0.15, -0.1) is 0 Å². The van der Waals surface area contributed by atoms with Gasteiger partial charge in [0.05, 0.1) is 14.2 Å². The van der Waals surface area contributed by atoms with E-state index in [1.165, 1.54) is 19.1 Å². The summed E-state index contributed by atoms with van der Waals surface area (Å²) in [5, 5.41) is 2.84. The summed E-state index contributed by atoms with van der Waals surface area (Å²) in [4.78, 5) is 26.3. The average Bonchev–Trinajstić information content (AvgIpc) is 2.62. The van der Waals surface area contributed by atoms with Gasteiger partial charge in [-0.05, 0) is 42.8 Å². The summed E-state index contributed by atoms with van der Waals surface area (Å²) in [6, 6.07) is 10.2. The van der Waals surface area contributed by atoms with E-state index in [4.69, 9.17) is 9.47 Å². The highest BCUT2D eigenvalue weighted by atomic mass is 16.5. The molecule has 0 aromatic heterocycles. The second kappa shape index (κ2) is 7.70. The molecule has 2 aromatic carbocycles. The summed E-state index contributed by atoms with van der Waals surface area (Å²) in [7, 11) is 6.43. The van der Waals surface area contributed by atoms with E-state index in [1.807, 2.05) is 0 Å². The van der Waals surface area contributed by atoms with Gasteiger partial charge in [-0.25, -0.2) is 0 Å². The Balaban J connectivity index is 2.30. The van der Waals surface area contributed by atoms with Crippen molar-refractivity contribution in [1.82, 2.24) is 4.90 Å². The monoisotopic (exact) mass is 342 g/mol. The third kappa shape index (κ3) is 3.91. The maximum atomic E-state index is 12.5. The topological polar surface area (TPSA) is 67.9 Å². The van der Waals surface area contributed by atoms with Crippen LogP contribution in [0.1, 0.15) is 26.3 Å². The first-order valence-electron chi connectivity index (χ1n) is 7.73. The molecule has 0 atom stereocenters. The van der Waals surface area contributed by atoms with Crippen LogP contribution in [-0.4, -0.2) is 45.0 Å². The molecule has 0 aliphatic heterocycles. The van der Waals surface area contributed by atoms with Crippen molar-refractivity contribution in [3.63, 3.8) is 0 Å². The Labute approximate surface area is 147 Å². The number of hydrogen-bond donors (Lipinski definition) is 1. The molecule has 0 spiro atoms. The number of hydrogen-bond acceptors (Lipinski definition) is 4. The molecule has 0 saturated heterocycles. The quantitative estimate of drug-likeness (QED) is 0.907. The molecule has 2 aromatic rings. The van der Waals surface area contributed by atoms with E-state index in [0.717, 1.165) is 5.56 Å². The zero-order valence-corrected chi connectivity index (χ0v) is 15.0. The van der Waals surface area contributed by atoms with Crippen LogP contribution in [0.2, 0.25) is 0 Å².